The Balaban J connectivity index is 0.00000105. The van der Waals surface area contributed by atoms with Crippen molar-refractivity contribution in [3.63, 3.8) is 0 Å². The van der Waals surface area contributed by atoms with E-state index in [0.717, 1.165) is 11.0 Å². The van der Waals surface area contributed by atoms with Crippen molar-refractivity contribution in [3.8, 4) is 0 Å². The summed E-state index contributed by atoms with van der Waals surface area (Å²) >= 11 is 0. The maximum Gasteiger partial charge on any atom is 0.328 e. The van der Waals surface area contributed by atoms with E-state index in [2.05, 4.69) is 19.9 Å². The van der Waals surface area contributed by atoms with Gasteiger partial charge < -0.3 is 14.9 Å². The number of imidazole rings is 2. The molecule has 5 rings (SSSR count). The van der Waals surface area contributed by atoms with Gasteiger partial charge in [-0.1, -0.05) is 12.1 Å². The van der Waals surface area contributed by atoms with Crippen LogP contribution in [0.4, 0.5) is 0 Å². The molecule has 1 fully saturated rings. The molecule has 1 aliphatic heterocycles. The number of hydrogen-bond donors (Lipinski definition) is 2. The second-order valence-corrected chi connectivity index (χ2v) is 6.14. The summed E-state index contributed by atoms with van der Waals surface area (Å²) in [5.74, 6) is 0.164. The highest BCUT2D eigenvalue weighted by Crippen LogP contribution is 2.24. The molecule has 1 aliphatic rings. The number of pyridine rings is 1. The quantitative estimate of drug-likeness (QED) is 0.582. The molecule has 0 radical (unpaired) electrons. The molecule has 8 nitrogen and oxygen atoms in total. The fraction of sp³-hybridized carbons (Fsp3) is 0.176. The third-order valence-electron chi connectivity index (χ3n) is 4.58. The van der Waals surface area contributed by atoms with Crippen LogP contribution in [-0.2, 0) is 0 Å². The molecule has 1 saturated heterocycles. The largest absolute Gasteiger partial charge is 0.334 e. The summed E-state index contributed by atoms with van der Waals surface area (Å²) in [6.45, 7) is 0.915. The maximum absolute atomic E-state index is 12.6. The van der Waals surface area contributed by atoms with E-state index in [9.17, 15) is 9.59 Å². The molecule has 0 spiro atoms. The number of aromatic amines is 2. The van der Waals surface area contributed by atoms with Gasteiger partial charge in [-0.25, -0.2) is 14.8 Å². The molecule has 3 aromatic heterocycles. The van der Waals surface area contributed by atoms with Gasteiger partial charge in [0, 0.05) is 22.1 Å². The van der Waals surface area contributed by atoms with E-state index in [1.54, 1.807) is 21.7 Å². The summed E-state index contributed by atoms with van der Waals surface area (Å²) < 4.78 is 1.62. The number of hydrogen-bond acceptors (Lipinski definition) is 4. The molecular formula is C17H18N6O2. The number of para-hydroxylation sites is 2. The SMILES string of the molecule is O=C(c1nc2ccccc2[nH]1)N1CC(n2c(=O)[nH]c3cccnc32)C1.[HH].[HH]. The number of carbonyl (C=O) groups is 1. The average Bonchev–Trinajstić information content (AvgIpc) is 3.15. The summed E-state index contributed by atoms with van der Waals surface area (Å²) in [5.41, 5.74) is 2.72. The summed E-state index contributed by atoms with van der Waals surface area (Å²) in [7, 11) is 0. The number of aromatic nitrogens is 5. The molecule has 0 aliphatic carbocycles. The van der Waals surface area contributed by atoms with Crippen LogP contribution in [0, 0.1) is 0 Å². The van der Waals surface area contributed by atoms with E-state index in [4.69, 9.17) is 0 Å². The van der Waals surface area contributed by atoms with Gasteiger partial charge in [-0.15, -0.1) is 0 Å². The van der Waals surface area contributed by atoms with Gasteiger partial charge in [0.15, 0.2) is 11.5 Å². The predicted octanol–water partition coefficient (Wildman–Crippen LogP) is 1.79. The highest BCUT2D eigenvalue weighted by atomic mass is 16.2. The summed E-state index contributed by atoms with van der Waals surface area (Å²) in [6, 6.07) is 11.0. The lowest BCUT2D eigenvalue weighted by Crippen LogP contribution is -2.52. The van der Waals surface area contributed by atoms with Gasteiger partial charge in [0.2, 0.25) is 0 Å². The molecule has 0 atom stereocenters. The summed E-state index contributed by atoms with van der Waals surface area (Å²) in [4.78, 5) is 40.9. The lowest BCUT2D eigenvalue weighted by atomic mass is 10.1. The zero-order valence-electron chi connectivity index (χ0n) is 13.1. The van der Waals surface area contributed by atoms with Crippen molar-refractivity contribution in [3.05, 3.63) is 58.9 Å². The van der Waals surface area contributed by atoms with Crippen LogP contribution in [0.5, 0.6) is 0 Å². The standard InChI is InChI=1S/C17H14N6O2.2H2/c24-16(14-19-11-4-1-2-5-12(11)20-14)22-8-10(9-22)23-15-13(21-17(23)25)6-3-7-18-15;;/h1-7,10H,8-9H2,(H,19,20)(H,21,25);2*1H. The van der Waals surface area contributed by atoms with E-state index in [0.29, 0.717) is 30.1 Å². The fourth-order valence-corrected chi connectivity index (χ4v) is 3.29. The molecule has 4 heterocycles. The minimum absolute atomic E-state index is 0. The maximum atomic E-state index is 12.6. The van der Waals surface area contributed by atoms with Gasteiger partial charge in [0.1, 0.15) is 0 Å². The number of rotatable bonds is 2. The number of nitrogens with one attached hydrogen (secondary N) is 2. The second-order valence-electron chi connectivity index (χ2n) is 6.14. The summed E-state index contributed by atoms with van der Waals surface area (Å²) in [6.07, 6.45) is 1.65. The van der Waals surface area contributed by atoms with Crippen molar-refractivity contribution < 1.29 is 7.65 Å². The lowest BCUT2D eigenvalue weighted by Gasteiger charge is -2.38. The Morgan fingerprint density at radius 3 is 2.76 bits per heavy atom. The Kier molecular flexibility index (Phi) is 2.81. The van der Waals surface area contributed by atoms with Gasteiger partial charge in [0.05, 0.1) is 22.6 Å². The smallest absolute Gasteiger partial charge is 0.328 e. The Labute approximate surface area is 144 Å². The van der Waals surface area contributed by atoms with Crippen LogP contribution in [0.1, 0.15) is 19.5 Å². The zero-order chi connectivity index (χ0) is 17.0. The van der Waals surface area contributed by atoms with Crippen LogP contribution in [0.3, 0.4) is 0 Å². The molecule has 0 bridgehead atoms. The number of nitrogens with zero attached hydrogens (tertiary/aromatic N) is 4. The minimum Gasteiger partial charge on any atom is -0.334 e. The fourth-order valence-electron chi connectivity index (χ4n) is 3.29. The van der Waals surface area contributed by atoms with Gasteiger partial charge in [-0.2, -0.15) is 0 Å². The molecule has 8 heteroatoms. The van der Waals surface area contributed by atoms with Crippen molar-refractivity contribution >= 4 is 28.1 Å². The van der Waals surface area contributed by atoms with Crippen molar-refractivity contribution in [1.29, 1.82) is 0 Å². The van der Waals surface area contributed by atoms with Crippen molar-refractivity contribution in [1.82, 2.24) is 29.4 Å². The van der Waals surface area contributed by atoms with Crippen LogP contribution < -0.4 is 5.69 Å². The number of H-pyrrole nitrogens is 2. The molecule has 2 N–H and O–H groups in total. The Hall–Kier alpha value is -3.42. The van der Waals surface area contributed by atoms with E-state index in [-0.39, 0.29) is 20.5 Å². The lowest BCUT2D eigenvalue weighted by molar-refractivity contribution is 0.0510. The molecule has 1 amide bonds. The predicted molar refractivity (Wildman–Crippen MR) is 95.6 cm³/mol. The van der Waals surface area contributed by atoms with Crippen LogP contribution in [0.25, 0.3) is 22.2 Å². The monoisotopic (exact) mass is 338 g/mol. The van der Waals surface area contributed by atoms with E-state index in [1.165, 1.54) is 0 Å². The van der Waals surface area contributed by atoms with Gasteiger partial charge in [0.25, 0.3) is 5.91 Å². The van der Waals surface area contributed by atoms with Crippen LogP contribution in [-0.4, -0.2) is 48.4 Å². The first kappa shape index (κ1) is 14.0. The van der Waals surface area contributed by atoms with E-state index in [1.807, 2.05) is 30.3 Å². The third kappa shape index (κ3) is 2.07. The first-order valence-electron chi connectivity index (χ1n) is 8.00. The van der Waals surface area contributed by atoms with Crippen molar-refractivity contribution in [2.45, 2.75) is 6.04 Å². The molecule has 25 heavy (non-hydrogen) atoms. The first-order valence-corrected chi connectivity index (χ1v) is 8.00. The number of benzene rings is 1. The Bertz CT molecular complexity index is 1140. The van der Waals surface area contributed by atoms with E-state index >= 15 is 0 Å². The summed E-state index contributed by atoms with van der Waals surface area (Å²) in [5, 5.41) is 0. The minimum atomic E-state index is -0.200. The normalized spacial score (nSPS) is 15.0. The van der Waals surface area contributed by atoms with Crippen molar-refractivity contribution in [2.24, 2.45) is 0 Å². The van der Waals surface area contributed by atoms with Gasteiger partial charge in [-0.3, -0.25) is 9.36 Å². The van der Waals surface area contributed by atoms with Crippen molar-refractivity contribution in [2.75, 3.05) is 13.1 Å². The molecule has 0 unspecified atom stereocenters. The highest BCUT2D eigenvalue weighted by Gasteiger charge is 2.35. The molecule has 4 aromatic rings. The number of carbonyl (C=O) groups excluding carboxylic acids is 1. The van der Waals surface area contributed by atoms with Gasteiger partial charge in [-0.05, 0) is 24.3 Å². The molecule has 1 aromatic carbocycles. The Morgan fingerprint density at radius 1 is 1.12 bits per heavy atom. The highest BCUT2D eigenvalue weighted by molar-refractivity contribution is 5.94. The second kappa shape index (κ2) is 5.04. The van der Waals surface area contributed by atoms with Crippen LogP contribution in [0.15, 0.2) is 47.4 Å². The van der Waals surface area contributed by atoms with E-state index < -0.39 is 0 Å². The van der Waals surface area contributed by atoms with Crippen LogP contribution in [0.2, 0.25) is 0 Å². The topological polar surface area (TPSA) is 99.7 Å². The molecule has 0 saturated carbocycles. The zero-order valence-corrected chi connectivity index (χ0v) is 13.1. The average molecular weight is 338 g/mol. The number of likely N-dealkylation sites (tertiary alicyclic amines) is 1. The number of amides is 1. The van der Waals surface area contributed by atoms with Gasteiger partial charge >= 0.3 is 5.69 Å². The first-order chi connectivity index (χ1) is 12.2. The number of fused-ring (bicyclic) bond motifs is 2. The molecule has 128 valence electrons. The molecular weight excluding hydrogens is 320 g/mol. The third-order valence-corrected chi connectivity index (χ3v) is 4.58. The van der Waals surface area contributed by atoms with Crippen LogP contribution >= 0.6 is 0 Å². The Morgan fingerprint density at radius 2 is 1.92 bits per heavy atom.